The molecular weight excluding hydrogens is 458 g/mol. The van der Waals surface area contributed by atoms with Gasteiger partial charge in [-0.2, -0.15) is 0 Å². The van der Waals surface area contributed by atoms with E-state index in [4.69, 9.17) is 9.15 Å². The van der Waals surface area contributed by atoms with Crippen LogP contribution in [0.25, 0.3) is 0 Å². The maximum Gasteiger partial charge on any atom is 0.244 e. The van der Waals surface area contributed by atoms with Crippen LogP contribution in [0.3, 0.4) is 0 Å². The highest BCUT2D eigenvalue weighted by Crippen LogP contribution is 2.33. The number of hydrogen-bond donors (Lipinski definition) is 1. The first kappa shape index (κ1) is 22.8. The molecule has 2 fully saturated rings. The Balaban J connectivity index is 1.63. The average molecular weight is 484 g/mol. The lowest BCUT2D eigenvalue weighted by molar-refractivity contribution is -0.116. The molecule has 1 aromatic heterocycles. The van der Waals surface area contributed by atoms with E-state index in [2.05, 4.69) is 9.62 Å². The molecule has 2 saturated heterocycles. The van der Waals surface area contributed by atoms with Gasteiger partial charge in [0.15, 0.2) is 0 Å². The minimum atomic E-state index is -4.10. The molecule has 1 unspecified atom stereocenters. The molecule has 1 N–H and O–H groups in total. The van der Waals surface area contributed by atoms with Crippen LogP contribution < -0.4 is 13.8 Å². The number of furan rings is 1. The second kappa shape index (κ2) is 8.85. The van der Waals surface area contributed by atoms with E-state index >= 15 is 0 Å². The van der Waals surface area contributed by atoms with Crippen molar-refractivity contribution in [3.8, 4) is 5.75 Å². The molecular formula is C20H25N3O7S2. The molecule has 1 aromatic carbocycles. The first-order valence-corrected chi connectivity index (χ1v) is 13.3. The molecule has 2 aliphatic heterocycles. The fraction of sp³-hybridized carbons (Fsp3) is 0.450. The van der Waals surface area contributed by atoms with Gasteiger partial charge in [-0.15, -0.1) is 0 Å². The maximum absolute atomic E-state index is 13.2. The van der Waals surface area contributed by atoms with Crippen molar-refractivity contribution >= 4 is 31.6 Å². The zero-order valence-electron chi connectivity index (χ0n) is 17.6. The largest absolute Gasteiger partial charge is 0.495 e. The van der Waals surface area contributed by atoms with E-state index in [1.54, 1.807) is 12.3 Å². The number of carbonyl (C=O) groups is 1. The van der Waals surface area contributed by atoms with Crippen molar-refractivity contribution in [3.63, 3.8) is 0 Å². The third-order valence-corrected chi connectivity index (χ3v) is 8.81. The van der Waals surface area contributed by atoms with Gasteiger partial charge in [0, 0.05) is 13.0 Å². The van der Waals surface area contributed by atoms with Crippen molar-refractivity contribution < 1.29 is 30.8 Å². The van der Waals surface area contributed by atoms with Crippen molar-refractivity contribution in [2.24, 2.45) is 0 Å². The van der Waals surface area contributed by atoms with Gasteiger partial charge in [-0.25, -0.2) is 25.9 Å². The number of amides is 1. The lowest BCUT2D eigenvalue weighted by atomic mass is 10.2. The Labute approximate surface area is 187 Å². The molecule has 0 radical (unpaired) electrons. The van der Waals surface area contributed by atoms with Crippen LogP contribution in [0.4, 0.5) is 5.69 Å². The van der Waals surface area contributed by atoms with Gasteiger partial charge in [0.25, 0.3) is 0 Å². The van der Waals surface area contributed by atoms with Crippen LogP contribution in [0.15, 0.2) is 45.9 Å². The number of carbonyl (C=O) groups excluding carboxylic acids is 1. The number of benzene rings is 1. The van der Waals surface area contributed by atoms with Crippen LogP contribution in [-0.2, 0) is 24.8 Å². The predicted octanol–water partition coefficient (Wildman–Crippen LogP) is 1.47. The third-order valence-electron chi connectivity index (χ3n) is 5.67. The van der Waals surface area contributed by atoms with Crippen LogP contribution in [0.5, 0.6) is 5.75 Å². The summed E-state index contributed by atoms with van der Waals surface area (Å²) in [7, 11) is -6.61. The first-order chi connectivity index (χ1) is 15.2. The van der Waals surface area contributed by atoms with Crippen LogP contribution in [0.2, 0.25) is 0 Å². The molecule has 4 rings (SSSR count). The summed E-state index contributed by atoms with van der Waals surface area (Å²) in [5, 5.41) is 0. The second-order valence-corrected chi connectivity index (χ2v) is 11.4. The van der Waals surface area contributed by atoms with E-state index in [0.717, 1.165) is 32.0 Å². The van der Waals surface area contributed by atoms with Crippen molar-refractivity contribution in [2.45, 2.75) is 30.2 Å². The van der Waals surface area contributed by atoms with E-state index in [1.807, 2.05) is 6.07 Å². The Kier molecular flexibility index (Phi) is 6.30. The van der Waals surface area contributed by atoms with Gasteiger partial charge in [-0.1, -0.05) is 0 Å². The summed E-state index contributed by atoms with van der Waals surface area (Å²) in [5.41, 5.74) is -0.0317. The quantitative estimate of drug-likeness (QED) is 0.598. The standard InChI is InChI=1S/C20H25N3O7S2/c1-29-18-7-6-15(23-20(24)8-12-31(23,25)26)13-19(18)32(27,28)21-14-16(17-5-4-11-30-17)22-9-2-3-10-22/h4-7,11,13,16,21H,2-3,8-10,12,14H2,1H3. The number of sulfonamides is 2. The van der Waals surface area contributed by atoms with E-state index in [1.165, 1.54) is 19.2 Å². The van der Waals surface area contributed by atoms with E-state index < -0.39 is 26.0 Å². The van der Waals surface area contributed by atoms with Crippen LogP contribution in [0, 0.1) is 0 Å². The van der Waals surface area contributed by atoms with Crippen molar-refractivity contribution in [1.29, 1.82) is 0 Å². The number of anilines is 1. The zero-order chi connectivity index (χ0) is 22.9. The molecule has 2 aliphatic rings. The van der Waals surface area contributed by atoms with Crippen LogP contribution in [-0.4, -0.2) is 60.1 Å². The van der Waals surface area contributed by atoms with Gasteiger partial charge in [0.05, 0.1) is 30.9 Å². The number of likely N-dealkylation sites (tertiary alicyclic amines) is 1. The highest BCUT2D eigenvalue weighted by atomic mass is 32.2. The molecule has 0 spiro atoms. The Hall–Kier alpha value is -2.41. The Morgan fingerprint density at radius 1 is 1.22 bits per heavy atom. The molecule has 1 amide bonds. The highest BCUT2D eigenvalue weighted by Gasteiger charge is 2.37. The third kappa shape index (κ3) is 4.40. The SMILES string of the molecule is COc1ccc(N2C(=O)CCS2(=O)=O)cc1S(=O)(=O)NCC(c1ccco1)N1CCCC1. The van der Waals surface area contributed by atoms with E-state index in [0.29, 0.717) is 10.1 Å². The summed E-state index contributed by atoms with van der Waals surface area (Å²) in [6.45, 7) is 1.73. The first-order valence-electron chi connectivity index (χ1n) is 10.2. The van der Waals surface area contributed by atoms with E-state index in [9.17, 15) is 21.6 Å². The molecule has 3 heterocycles. The minimum absolute atomic E-state index is 0.0317. The molecule has 174 valence electrons. The Morgan fingerprint density at radius 2 is 1.97 bits per heavy atom. The van der Waals surface area contributed by atoms with Crippen LogP contribution in [0.1, 0.15) is 31.1 Å². The Bertz CT molecular complexity index is 1190. The van der Waals surface area contributed by atoms with Gasteiger partial charge in [-0.05, 0) is 56.3 Å². The normalized spacial score (nSPS) is 20.0. The molecule has 2 aromatic rings. The average Bonchev–Trinajstić information content (AvgIpc) is 3.51. The fourth-order valence-corrected chi connectivity index (χ4v) is 6.76. The lowest BCUT2D eigenvalue weighted by Gasteiger charge is -2.26. The maximum atomic E-state index is 13.2. The predicted molar refractivity (Wildman–Crippen MR) is 116 cm³/mol. The molecule has 0 saturated carbocycles. The van der Waals surface area contributed by atoms with E-state index in [-0.39, 0.29) is 41.1 Å². The molecule has 10 nitrogen and oxygen atoms in total. The van der Waals surface area contributed by atoms with Gasteiger partial charge < -0.3 is 9.15 Å². The van der Waals surface area contributed by atoms with Gasteiger partial charge in [0.2, 0.25) is 26.0 Å². The van der Waals surface area contributed by atoms with Gasteiger partial charge >= 0.3 is 0 Å². The summed E-state index contributed by atoms with van der Waals surface area (Å²) in [6.07, 6.45) is 3.46. The number of hydrogen-bond acceptors (Lipinski definition) is 8. The van der Waals surface area contributed by atoms with Gasteiger partial charge in [0.1, 0.15) is 16.4 Å². The summed E-state index contributed by atoms with van der Waals surface area (Å²) in [6, 6.07) is 7.14. The molecule has 0 aliphatic carbocycles. The topological polar surface area (TPSA) is 126 Å². The minimum Gasteiger partial charge on any atom is -0.495 e. The summed E-state index contributed by atoms with van der Waals surface area (Å²) in [4.78, 5) is 14.0. The molecule has 1 atom stereocenters. The number of nitrogens with one attached hydrogen (secondary N) is 1. The summed E-state index contributed by atoms with van der Waals surface area (Å²) >= 11 is 0. The Morgan fingerprint density at radius 3 is 2.56 bits per heavy atom. The monoisotopic (exact) mass is 483 g/mol. The van der Waals surface area contributed by atoms with Crippen molar-refractivity contribution in [2.75, 3.05) is 36.8 Å². The molecule has 0 bridgehead atoms. The van der Waals surface area contributed by atoms with Crippen molar-refractivity contribution in [1.82, 2.24) is 9.62 Å². The highest BCUT2D eigenvalue weighted by molar-refractivity contribution is 7.94. The number of nitrogens with zero attached hydrogens (tertiary/aromatic N) is 2. The second-order valence-electron chi connectivity index (χ2n) is 7.69. The van der Waals surface area contributed by atoms with Crippen molar-refractivity contribution in [3.05, 3.63) is 42.4 Å². The van der Waals surface area contributed by atoms with Gasteiger partial charge in [-0.3, -0.25) is 9.69 Å². The fourth-order valence-electron chi connectivity index (χ4n) is 4.08. The molecule has 32 heavy (non-hydrogen) atoms. The van der Waals surface area contributed by atoms with Crippen LogP contribution >= 0.6 is 0 Å². The zero-order valence-corrected chi connectivity index (χ0v) is 19.2. The smallest absolute Gasteiger partial charge is 0.244 e. The summed E-state index contributed by atoms with van der Waals surface area (Å²) in [5.74, 6) is -0.206. The summed E-state index contributed by atoms with van der Waals surface area (Å²) < 4.78 is 65.0. The molecule has 12 heteroatoms. The number of methoxy groups -OCH3 is 1. The number of rotatable bonds is 8. The number of ether oxygens (including phenoxy) is 1. The lowest BCUT2D eigenvalue weighted by Crippen LogP contribution is -2.37.